The zero-order chi connectivity index (χ0) is 15.4. The molecule has 2 amide bonds. The number of benzene rings is 1. The summed E-state index contributed by atoms with van der Waals surface area (Å²) < 4.78 is 4.86. The molecule has 0 aliphatic rings. The Kier molecular flexibility index (Phi) is 4.17. The molecular weight excluding hydrogens is 276 g/mol. The monoisotopic (exact) mass is 290 g/mol. The third-order valence-corrected chi connectivity index (χ3v) is 2.68. The van der Waals surface area contributed by atoms with E-state index in [-0.39, 0.29) is 12.1 Å². The molecule has 0 saturated heterocycles. The van der Waals surface area contributed by atoms with Crippen molar-refractivity contribution in [1.29, 1.82) is 0 Å². The Hall–Kier alpha value is -2.90. The summed E-state index contributed by atoms with van der Waals surface area (Å²) in [6, 6.07) is 4.09. The summed E-state index contributed by atoms with van der Waals surface area (Å²) in [5, 5.41) is 17.7. The maximum absolute atomic E-state index is 11.7. The van der Waals surface area contributed by atoms with Crippen LogP contribution in [0.1, 0.15) is 27.6 Å². The Balaban J connectivity index is 1.93. The normalized spacial score (nSPS) is 10.2. The van der Waals surface area contributed by atoms with Crippen molar-refractivity contribution in [2.24, 2.45) is 0 Å². The third kappa shape index (κ3) is 3.78. The predicted octanol–water partition coefficient (Wildman–Crippen LogP) is 1.71. The fourth-order valence-electron chi connectivity index (χ4n) is 1.72. The van der Waals surface area contributed by atoms with Crippen LogP contribution in [0.25, 0.3) is 0 Å². The van der Waals surface area contributed by atoms with Gasteiger partial charge in [-0.2, -0.15) is 4.98 Å². The highest BCUT2D eigenvalue weighted by Gasteiger charge is 2.09. The minimum atomic E-state index is -1.00. The molecule has 8 nitrogen and oxygen atoms in total. The molecule has 1 aromatic heterocycles. The Morgan fingerprint density at radius 3 is 2.67 bits per heavy atom. The first-order valence-corrected chi connectivity index (χ1v) is 6.13. The summed E-state index contributed by atoms with van der Waals surface area (Å²) in [6.45, 7) is 3.45. The van der Waals surface area contributed by atoms with Gasteiger partial charge in [0.2, 0.25) is 5.89 Å². The molecule has 0 unspecified atom stereocenters. The summed E-state index contributed by atoms with van der Waals surface area (Å²) in [4.78, 5) is 26.5. The number of hydrogen-bond donors (Lipinski definition) is 3. The molecule has 110 valence electrons. The van der Waals surface area contributed by atoms with E-state index in [0.29, 0.717) is 23.0 Å². The molecule has 3 N–H and O–H groups in total. The number of nitrogens with one attached hydrogen (secondary N) is 2. The third-order valence-electron chi connectivity index (χ3n) is 2.68. The number of carbonyl (C=O) groups is 2. The van der Waals surface area contributed by atoms with E-state index in [2.05, 4.69) is 20.8 Å². The van der Waals surface area contributed by atoms with Gasteiger partial charge in [0.15, 0.2) is 5.82 Å². The molecular formula is C13H14N4O4. The van der Waals surface area contributed by atoms with Crippen LogP contribution in [0.15, 0.2) is 22.7 Å². The molecule has 0 bridgehead atoms. The predicted molar refractivity (Wildman–Crippen MR) is 73.0 cm³/mol. The second-order valence-electron chi connectivity index (χ2n) is 4.38. The topological polar surface area (TPSA) is 117 Å². The number of urea groups is 1. The van der Waals surface area contributed by atoms with Crippen LogP contribution >= 0.6 is 0 Å². The molecule has 8 heteroatoms. The average Bonchev–Trinajstić information content (AvgIpc) is 2.82. The lowest BCUT2D eigenvalue weighted by atomic mass is 10.1. The molecule has 0 atom stereocenters. The van der Waals surface area contributed by atoms with Crippen molar-refractivity contribution in [1.82, 2.24) is 15.5 Å². The Labute approximate surface area is 120 Å². The number of nitrogens with zero attached hydrogens (tertiary/aromatic N) is 2. The van der Waals surface area contributed by atoms with Crippen LogP contribution in [0, 0.1) is 13.8 Å². The number of carbonyl (C=O) groups excluding carboxylic acids is 1. The van der Waals surface area contributed by atoms with Crippen LogP contribution in [0.4, 0.5) is 10.5 Å². The fraction of sp³-hybridized carbons (Fsp3) is 0.231. The van der Waals surface area contributed by atoms with Crippen LogP contribution < -0.4 is 10.6 Å². The molecule has 0 saturated carbocycles. The highest BCUT2D eigenvalue weighted by atomic mass is 16.5. The first kappa shape index (κ1) is 14.5. The van der Waals surface area contributed by atoms with Gasteiger partial charge in [0.05, 0.1) is 12.1 Å². The van der Waals surface area contributed by atoms with Gasteiger partial charge in [-0.1, -0.05) is 5.16 Å². The smallest absolute Gasteiger partial charge is 0.335 e. The number of aromatic nitrogens is 2. The molecule has 21 heavy (non-hydrogen) atoms. The summed E-state index contributed by atoms with van der Waals surface area (Å²) >= 11 is 0. The number of hydrogen-bond acceptors (Lipinski definition) is 5. The number of carboxylic acids is 1. The van der Waals surface area contributed by atoms with Crippen LogP contribution in [-0.2, 0) is 6.54 Å². The van der Waals surface area contributed by atoms with E-state index >= 15 is 0 Å². The molecule has 0 radical (unpaired) electrons. The van der Waals surface area contributed by atoms with Crippen LogP contribution in [0.2, 0.25) is 0 Å². The lowest BCUT2D eigenvalue weighted by Gasteiger charge is -2.08. The summed E-state index contributed by atoms with van der Waals surface area (Å²) in [7, 11) is 0. The van der Waals surface area contributed by atoms with Gasteiger partial charge < -0.3 is 20.3 Å². The highest BCUT2D eigenvalue weighted by molar-refractivity contribution is 5.92. The summed E-state index contributed by atoms with van der Waals surface area (Å²) in [6.07, 6.45) is 0. The minimum absolute atomic E-state index is 0.110. The van der Waals surface area contributed by atoms with Gasteiger partial charge in [-0.15, -0.1) is 0 Å². The second-order valence-corrected chi connectivity index (χ2v) is 4.38. The number of anilines is 1. The van der Waals surface area contributed by atoms with Gasteiger partial charge >= 0.3 is 12.0 Å². The number of carboxylic acid groups (broad SMARTS) is 1. The van der Waals surface area contributed by atoms with Crippen molar-refractivity contribution in [3.63, 3.8) is 0 Å². The maximum Gasteiger partial charge on any atom is 0.335 e. The summed E-state index contributed by atoms with van der Waals surface area (Å²) in [5.41, 5.74) is 1.26. The molecule has 2 aromatic rings. The van der Waals surface area contributed by atoms with E-state index in [0.717, 1.165) is 0 Å². The number of aromatic carboxylic acids is 1. The molecule has 0 fully saturated rings. The van der Waals surface area contributed by atoms with E-state index in [4.69, 9.17) is 9.63 Å². The van der Waals surface area contributed by atoms with Gasteiger partial charge in [-0.05, 0) is 37.6 Å². The van der Waals surface area contributed by atoms with Gasteiger partial charge in [-0.25, -0.2) is 9.59 Å². The molecule has 0 aliphatic carbocycles. The number of rotatable bonds is 4. The second kappa shape index (κ2) is 6.04. The number of amides is 2. The van der Waals surface area contributed by atoms with Gasteiger partial charge in [0.1, 0.15) is 0 Å². The van der Waals surface area contributed by atoms with E-state index in [1.165, 1.54) is 12.1 Å². The minimum Gasteiger partial charge on any atom is -0.478 e. The first-order chi connectivity index (χ1) is 9.95. The molecule has 0 aliphatic heterocycles. The van der Waals surface area contributed by atoms with Crippen LogP contribution in [0.3, 0.4) is 0 Å². The van der Waals surface area contributed by atoms with Crippen molar-refractivity contribution in [2.45, 2.75) is 20.4 Å². The summed E-state index contributed by atoms with van der Waals surface area (Å²) in [5.74, 6) is -0.206. The van der Waals surface area contributed by atoms with Crippen molar-refractivity contribution < 1.29 is 19.2 Å². The van der Waals surface area contributed by atoms with E-state index in [9.17, 15) is 9.59 Å². The lowest BCUT2D eigenvalue weighted by molar-refractivity contribution is 0.0696. The van der Waals surface area contributed by atoms with Crippen molar-refractivity contribution in [3.05, 3.63) is 41.0 Å². The molecule has 2 rings (SSSR count). The van der Waals surface area contributed by atoms with Crippen molar-refractivity contribution in [2.75, 3.05) is 5.32 Å². The zero-order valence-electron chi connectivity index (χ0n) is 11.5. The van der Waals surface area contributed by atoms with Gasteiger partial charge in [0.25, 0.3) is 0 Å². The maximum atomic E-state index is 11.7. The Morgan fingerprint density at radius 1 is 1.33 bits per heavy atom. The lowest BCUT2D eigenvalue weighted by Crippen LogP contribution is -2.28. The highest BCUT2D eigenvalue weighted by Crippen LogP contribution is 2.15. The largest absolute Gasteiger partial charge is 0.478 e. The molecule has 1 heterocycles. The SMILES string of the molecule is Cc1noc(CNC(=O)Nc2ccc(C(=O)O)c(C)c2)n1. The van der Waals surface area contributed by atoms with Gasteiger partial charge in [-0.3, -0.25) is 0 Å². The molecule has 0 spiro atoms. The number of aryl methyl sites for hydroxylation is 2. The Morgan fingerprint density at radius 2 is 2.10 bits per heavy atom. The zero-order valence-corrected chi connectivity index (χ0v) is 11.5. The van der Waals surface area contributed by atoms with Crippen molar-refractivity contribution in [3.8, 4) is 0 Å². The standard InChI is InChI=1S/C13H14N4O4/c1-7-5-9(3-4-10(7)12(18)19)16-13(20)14-6-11-15-8(2)17-21-11/h3-5H,6H2,1-2H3,(H,18,19)(H2,14,16,20). The van der Waals surface area contributed by atoms with E-state index < -0.39 is 12.0 Å². The van der Waals surface area contributed by atoms with Crippen LogP contribution in [-0.4, -0.2) is 27.2 Å². The van der Waals surface area contributed by atoms with E-state index in [1.54, 1.807) is 19.9 Å². The first-order valence-electron chi connectivity index (χ1n) is 6.13. The van der Waals surface area contributed by atoms with Crippen LogP contribution in [0.5, 0.6) is 0 Å². The fourth-order valence-corrected chi connectivity index (χ4v) is 1.72. The van der Waals surface area contributed by atoms with Gasteiger partial charge in [0, 0.05) is 5.69 Å². The molecule has 1 aromatic carbocycles. The average molecular weight is 290 g/mol. The quantitative estimate of drug-likeness (QED) is 0.789. The van der Waals surface area contributed by atoms with E-state index in [1.807, 2.05) is 0 Å². The van der Waals surface area contributed by atoms with Crippen molar-refractivity contribution >= 4 is 17.7 Å². The Bertz CT molecular complexity index is 681.